The minimum absolute atomic E-state index is 0.0276. The first kappa shape index (κ1) is 17.6. The van der Waals surface area contributed by atoms with E-state index in [0.717, 1.165) is 30.2 Å². The van der Waals surface area contributed by atoms with Crippen LogP contribution in [-0.4, -0.2) is 37.8 Å². The Morgan fingerprint density at radius 3 is 2.50 bits per heavy atom. The van der Waals surface area contributed by atoms with Crippen LogP contribution in [0.25, 0.3) is 0 Å². The molecule has 0 saturated carbocycles. The number of halogens is 1. The highest BCUT2D eigenvalue weighted by Crippen LogP contribution is 2.31. The van der Waals surface area contributed by atoms with Crippen LogP contribution in [-0.2, 0) is 10.0 Å². The van der Waals surface area contributed by atoms with Crippen LogP contribution in [0.15, 0.2) is 14.7 Å². The fourth-order valence-corrected chi connectivity index (χ4v) is 4.99. The number of aliphatic hydroxyl groups excluding tert-OH is 1. The Kier molecular flexibility index (Phi) is 7.10. The molecule has 1 rings (SSSR count). The lowest BCUT2D eigenvalue weighted by atomic mass is 10.2. The van der Waals surface area contributed by atoms with Crippen molar-refractivity contribution in [1.29, 1.82) is 0 Å². The molecule has 0 atom stereocenters. The van der Waals surface area contributed by atoms with E-state index in [1.54, 1.807) is 0 Å². The van der Waals surface area contributed by atoms with Crippen molar-refractivity contribution in [2.75, 3.05) is 13.2 Å². The number of hydrogen-bond acceptors (Lipinski definition) is 5. The van der Waals surface area contributed by atoms with E-state index < -0.39 is 16.0 Å². The fourth-order valence-electron chi connectivity index (χ4n) is 1.52. The standard InChI is InChI=1S/C11H16BrNO5S2/c12-10-9(7-8(19-10)11(15)16)20(17,18)13-5-3-1-2-4-6-14/h7,13-14H,1-6H2,(H,15,16). The molecular formula is C11H16BrNO5S2. The van der Waals surface area contributed by atoms with Crippen molar-refractivity contribution in [3.8, 4) is 0 Å². The van der Waals surface area contributed by atoms with Gasteiger partial charge in [0, 0.05) is 13.2 Å². The van der Waals surface area contributed by atoms with Crippen molar-refractivity contribution in [3.63, 3.8) is 0 Å². The Bertz CT molecular complexity index is 555. The molecule has 1 heterocycles. The van der Waals surface area contributed by atoms with Crippen LogP contribution in [0.2, 0.25) is 0 Å². The number of carbonyl (C=O) groups is 1. The fraction of sp³-hybridized carbons (Fsp3) is 0.545. The molecular weight excluding hydrogens is 370 g/mol. The molecule has 1 aromatic rings. The summed E-state index contributed by atoms with van der Waals surface area (Å²) in [5.74, 6) is -1.15. The van der Waals surface area contributed by atoms with Crippen LogP contribution in [0, 0.1) is 0 Å². The first-order valence-corrected chi connectivity index (χ1v) is 9.11. The van der Waals surface area contributed by atoms with Gasteiger partial charge in [-0.1, -0.05) is 12.8 Å². The number of aromatic carboxylic acids is 1. The number of rotatable bonds is 9. The molecule has 0 aromatic carbocycles. The van der Waals surface area contributed by atoms with Gasteiger partial charge in [0.1, 0.15) is 9.77 Å². The highest BCUT2D eigenvalue weighted by atomic mass is 79.9. The maximum atomic E-state index is 12.0. The Hall–Kier alpha value is -0.480. The summed E-state index contributed by atoms with van der Waals surface area (Å²) in [7, 11) is -3.70. The Labute approximate surface area is 130 Å². The van der Waals surface area contributed by atoms with Gasteiger partial charge in [0.15, 0.2) is 0 Å². The maximum absolute atomic E-state index is 12.0. The van der Waals surface area contributed by atoms with E-state index in [1.165, 1.54) is 0 Å². The van der Waals surface area contributed by atoms with E-state index in [-0.39, 0.29) is 20.2 Å². The summed E-state index contributed by atoms with van der Waals surface area (Å²) in [6.45, 7) is 0.435. The van der Waals surface area contributed by atoms with Gasteiger partial charge in [-0.25, -0.2) is 17.9 Å². The van der Waals surface area contributed by atoms with Crippen molar-refractivity contribution in [2.45, 2.75) is 30.6 Å². The van der Waals surface area contributed by atoms with Gasteiger partial charge < -0.3 is 10.2 Å². The number of thiophene rings is 1. The molecule has 0 aliphatic rings. The largest absolute Gasteiger partial charge is 0.477 e. The third kappa shape index (κ3) is 5.13. The summed E-state index contributed by atoms with van der Waals surface area (Å²) in [6, 6.07) is 1.14. The molecule has 0 radical (unpaired) electrons. The third-order valence-corrected chi connectivity index (χ3v) is 6.23. The van der Waals surface area contributed by atoms with Crippen LogP contribution < -0.4 is 4.72 Å². The van der Waals surface area contributed by atoms with Crippen molar-refractivity contribution in [3.05, 3.63) is 14.7 Å². The molecule has 0 unspecified atom stereocenters. The number of sulfonamides is 1. The number of carboxylic acids is 1. The molecule has 0 bridgehead atoms. The second-order valence-electron chi connectivity index (χ2n) is 4.09. The van der Waals surface area contributed by atoms with E-state index in [9.17, 15) is 13.2 Å². The Balaban J connectivity index is 2.58. The molecule has 0 fully saturated rings. The first-order chi connectivity index (χ1) is 9.38. The van der Waals surface area contributed by atoms with Gasteiger partial charge in [-0.2, -0.15) is 0 Å². The van der Waals surface area contributed by atoms with Gasteiger partial charge in [-0.15, -0.1) is 11.3 Å². The minimum Gasteiger partial charge on any atom is -0.477 e. The van der Waals surface area contributed by atoms with Crippen LogP contribution >= 0.6 is 27.3 Å². The smallest absolute Gasteiger partial charge is 0.345 e. The Morgan fingerprint density at radius 2 is 1.95 bits per heavy atom. The quantitative estimate of drug-likeness (QED) is 0.564. The number of carboxylic acid groups (broad SMARTS) is 1. The minimum atomic E-state index is -3.70. The number of hydrogen-bond donors (Lipinski definition) is 3. The zero-order chi connectivity index (χ0) is 15.2. The van der Waals surface area contributed by atoms with Gasteiger partial charge in [0.2, 0.25) is 10.0 Å². The third-order valence-electron chi connectivity index (χ3n) is 2.53. The second kappa shape index (κ2) is 8.08. The molecule has 114 valence electrons. The van der Waals surface area contributed by atoms with Gasteiger partial charge in [-0.3, -0.25) is 0 Å². The van der Waals surface area contributed by atoms with Crippen molar-refractivity contribution in [2.24, 2.45) is 0 Å². The Morgan fingerprint density at radius 1 is 1.30 bits per heavy atom. The normalized spacial score (nSPS) is 11.7. The summed E-state index contributed by atoms with van der Waals surface area (Å²) >= 11 is 3.94. The van der Waals surface area contributed by atoms with E-state index >= 15 is 0 Å². The van der Waals surface area contributed by atoms with E-state index in [4.69, 9.17) is 10.2 Å². The highest BCUT2D eigenvalue weighted by molar-refractivity contribution is 9.11. The molecule has 0 aliphatic carbocycles. The predicted octanol–water partition coefficient (Wildman–Crippen LogP) is 2.04. The van der Waals surface area contributed by atoms with Crippen LogP contribution in [0.1, 0.15) is 35.4 Å². The average Bonchev–Trinajstić information content (AvgIpc) is 2.77. The summed E-state index contributed by atoms with van der Waals surface area (Å²) in [6.07, 6.45) is 3.06. The summed E-state index contributed by atoms with van der Waals surface area (Å²) in [4.78, 5) is 10.7. The van der Waals surface area contributed by atoms with Gasteiger partial charge in [0.05, 0.1) is 3.79 Å². The first-order valence-electron chi connectivity index (χ1n) is 6.01. The van der Waals surface area contributed by atoms with Crippen molar-refractivity contribution < 1.29 is 23.4 Å². The summed E-state index contributed by atoms with van der Waals surface area (Å²) in [5.41, 5.74) is 0. The monoisotopic (exact) mass is 385 g/mol. The lowest BCUT2D eigenvalue weighted by molar-refractivity contribution is 0.0702. The molecule has 0 saturated heterocycles. The maximum Gasteiger partial charge on any atom is 0.345 e. The van der Waals surface area contributed by atoms with E-state index in [1.807, 2.05) is 0 Å². The van der Waals surface area contributed by atoms with E-state index in [2.05, 4.69) is 20.7 Å². The van der Waals surface area contributed by atoms with E-state index in [0.29, 0.717) is 19.4 Å². The van der Waals surface area contributed by atoms with Crippen molar-refractivity contribution in [1.82, 2.24) is 4.72 Å². The molecule has 0 amide bonds. The van der Waals surface area contributed by atoms with Crippen LogP contribution in [0.4, 0.5) is 0 Å². The van der Waals surface area contributed by atoms with Gasteiger partial charge in [0.25, 0.3) is 0 Å². The topological polar surface area (TPSA) is 104 Å². The molecule has 1 aromatic heterocycles. The lowest BCUT2D eigenvalue weighted by Crippen LogP contribution is -2.24. The molecule has 6 nitrogen and oxygen atoms in total. The zero-order valence-corrected chi connectivity index (χ0v) is 13.9. The summed E-state index contributed by atoms with van der Waals surface area (Å²) in [5, 5.41) is 17.5. The number of unbranched alkanes of at least 4 members (excludes halogenated alkanes) is 3. The summed E-state index contributed by atoms with van der Waals surface area (Å²) < 4.78 is 26.7. The SMILES string of the molecule is O=C(O)c1cc(S(=O)(=O)NCCCCCCO)c(Br)s1. The lowest BCUT2D eigenvalue weighted by Gasteiger charge is -2.05. The highest BCUT2D eigenvalue weighted by Gasteiger charge is 2.22. The van der Waals surface area contributed by atoms with Crippen LogP contribution in [0.3, 0.4) is 0 Å². The number of nitrogens with one attached hydrogen (secondary N) is 1. The molecule has 20 heavy (non-hydrogen) atoms. The van der Waals surface area contributed by atoms with Gasteiger partial charge in [-0.05, 0) is 34.8 Å². The molecule has 3 N–H and O–H groups in total. The van der Waals surface area contributed by atoms with Gasteiger partial charge >= 0.3 is 5.97 Å². The van der Waals surface area contributed by atoms with Crippen molar-refractivity contribution >= 4 is 43.3 Å². The molecule has 0 spiro atoms. The van der Waals surface area contributed by atoms with Crippen LogP contribution in [0.5, 0.6) is 0 Å². The second-order valence-corrected chi connectivity index (χ2v) is 8.19. The molecule has 0 aliphatic heterocycles. The zero-order valence-electron chi connectivity index (χ0n) is 10.6. The predicted molar refractivity (Wildman–Crippen MR) is 79.7 cm³/mol. The molecule has 9 heteroatoms. The number of aliphatic hydroxyl groups is 1. The average molecular weight is 386 g/mol.